The zero-order valence-electron chi connectivity index (χ0n) is 11.6. The van der Waals surface area contributed by atoms with Crippen molar-refractivity contribution in [3.05, 3.63) is 23.7 Å². The van der Waals surface area contributed by atoms with Crippen molar-refractivity contribution in [1.82, 2.24) is 10.2 Å². The van der Waals surface area contributed by atoms with E-state index in [0.29, 0.717) is 11.8 Å². The van der Waals surface area contributed by atoms with E-state index in [1.54, 1.807) is 6.07 Å². The van der Waals surface area contributed by atoms with Crippen LogP contribution in [0, 0.1) is 6.92 Å². The number of piperidine rings is 1. The molecule has 2 heterocycles. The van der Waals surface area contributed by atoms with Gasteiger partial charge in [-0.05, 0) is 51.4 Å². The van der Waals surface area contributed by atoms with Gasteiger partial charge >= 0.3 is 0 Å². The zero-order chi connectivity index (χ0) is 13.0. The van der Waals surface area contributed by atoms with E-state index in [1.807, 2.05) is 17.9 Å². The molecule has 1 aromatic rings. The number of hydrogen-bond donors (Lipinski definition) is 1. The Labute approximate surface area is 120 Å². The molecular formula is C14H23ClN2O2. The summed E-state index contributed by atoms with van der Waals surface area (Å²) in [6.07, 6.45) is 3.05. The van der Waals surface area contributed by atoms with Crippen molar-refractivity contribution in [3.8, 4) is 0 Å². The molecule has 0 aliphatic carbocycles. The molecule has 0 saturated carbocycles. The number of nitrogens with zero attached hydrogens (tertiary/aromatic N) is 1. The maximum atomic E-state index is 12.5. The van der Waals surface area contributed by atoms with Crippen LogP contribution in [0.15, 0.2) is 16.5 Å². The molecule has 2 rings (SSSR count). The Morgan fingerprint density at radius 1 is 1.42 bits per heavy atom. The van der Waals surface area contributed by atoms with Crippen LogP contribution in [0.2, 0.25) is 0 Å². The van der Waals surface area contributed by atoms with Crippen LogP contribution in [-0.2, 0) is 0 Å². The van der Waals surface area contributed by atoms with E-state index in [4.69, 9.17) is 4.42 Å². The molecule has 1 aliphatic heterocycles. The van der Waals surface area contributed by atoms with Crippen molar-refractivity contribution >= 4 is 18.3 Å². The van der Waals surface area contributed by atoms with E-state index < -0.39 is 0 Å². The number of rotatable bonds is 4. The summed E-state index contributed by atoms with van der Waals surface area (Å²) < 4.78 is 5.46. The average Bonchev–Trinajstić information content (AvgIpc) is 2.83. The van der Waals surface area contributed by atoms with Crippen molar-refractivity contribution in [3.63, 3.8) is 0 Å². The summed E-state index contributed by atoms with van der Waals surface area (Å²) in [5, 5.41) is 3.33. The monoisotopic (exact) mass is 286 g/mol. The number of hydrogen-bond acceptors (Lipinski definition) is 3. The third-order valence-corrected chi connectivity index (χ3v) is 3.43. The lowest BCUT2D eigenvalue weighted by Gasteiger charge is -2.34. The van der Waals surface area contributed by atoms with E-state index in [9.17, 15) is 4.79 Å². The lowest BCUT2D eigenvalue weighted by Crippen LogP contribution is -2.46. The maximum Gasteiger partial charge on any atom is 0.289 e. The summed E-state index contributed by atoms with van der Waals surface area (Å²) >= 11 is 0. The number of furan rings is 1. The van der Waals surface area contributed by atoms with Gasteiger partial charge in [0.05, 0.1) is 0 Å². The molecule has 1 fully saturated rings. The summed E-state index contributed by atoms with van der Waals surface area (Å²) in [4.78, 5) is 14.4. The van der Waals surface area contributed by atoms with Crippen molar-refractivity contribution in [2.24, 2.45) is 0 Å². The van der Waals surface area contributed by atoms with E-state index in [0.717, 1.165) is 44.7 Å². The summed E-state index contributed by atoms with van der Waals surface area (Å²) in [5.74, 6) is 1.30. The quantitative estimate of drug-likeness (QED) is 0.925. The summed E-state index contributed by atoms with van der Waals surface area (Å²) in [5.41, 5.74) is 0. The molecule has 1 aromatic heterocycles. The normalized spacial score (nSPS) is 15.9. The van der Waals surface area contributed by atoms with Gasteiger partial charge in [0.1, 0.15) is 5.76 Å². The molecule has 0 atom stereocenters. The topological polar surface area (TPSA) is 45.5 Å². The van der Waals surface area contributed by atoms with E-state index in [1.165, 1.54) is 0 Å². The number of halogens is 1. The lowest BCUT2D eigenvalue weighted by atomic mass is 10.0. The fraction of sp³-hybridized carbons (Fsp3) is 0.643. The van der Waals surface area contributed by atoms with E-state index in [2.05, 4.69) is 12.2 Å². The maximum absolute atomic E-state index is 12.5. The molecule has 0 radical (unpaired) electrons. The molecule has 0 aromatic carbocycles. The summed E-state index contributed by atoms with van der Waals surface area (Å²) in [6.45, 7) is 6.77. The van der Waals surface area contributed by atoms with E-state index >= 15 is 0 Å². The van der Waals surface area contributed by atoms with Gasteiger partial charge in [0, 0.05) is 12.6 Å². The second-order valence-corrected chi connectivity index (χ2v) is 4.89. The number of amides is 1. The summed E-state index contributed by atoms with van der Waals surface area (Å²) in [7, 11) is 0. The predicted octanol–water partition coefficient (Wildman–Crippen LogP) is 2.61. The molecule has 1 saturated heterocycles. The van der Waals surface area contributed by atoms with Crippen LogP contribution in [0.25, 0.3) is 0 Å². The molecule has 0 unspecified atom stereocenters. The first-order valence-corrected chi connectivity index (χ1v) is 6.80. The zero-order valence-corrected chi connectivity index (χ0v) is 12.5. The van der Waals surface area contributed by atoms with Gasteiger partial charge in [0.15, 0.2) is 5.76 Å². The Balaban J connectivity index is 0.00000180. The highest BCUT2D eigenvalue weighted by Gasteiger charge is 2.27. The Kier molecular flexibility index (Phi) is 6.38. The third kappa shape index (κ3) is 3.98. The first-order chi connectivity index (χ1) is 8.72. The van der Waals surface area contributed by atoms with Crippen LogP contribution < -0.4 is 5.32 Å². The SMILES string of the molecule is CCCN(C(=O)c1ccc(C)o1)C1CCNCC1.Cl. The molecule has 0 bridgehead atoms. The van der Waals surface area contributed by atoms with Crippen LogP contribution in [0.3, 0.4) is 0 Å². The molecular weight excluding hydrogens is 264 g/mol. The van der Waals surface area contributed by atoms with Crippen LogP contribution >= 0.6 is 12.4 Å². The predicted molar refractivity (Wildman–Crippen MR) is 77.9 cm³/mol. The van der Waals surface area contributed by atoms with Gasteiger partial charge < -0.3 is 14.6 Å². The first-order valence-electron chi connectivity index (χ1n) is 6.80. The highest BCUT2D eigenvalue weighted by molar-refractivity contribution is 5.91. The summed E-state index contributed by atoms with van der Waals surface area (Å²) in [6, 6.07) is 3.98. The van der Waals surface area contributed by atoms with E-state index in [-0.39, 0.29) is 18.3 Å². The largest absolute Gasteiger partial charge is 0.456 e. The van der Waals surface area contributed by atoms with Crippen molar-refractivity contribution in [1.29, 1.82) is 0 Å². The average molecular weight is 287 g/mol. The van der Waals surface area contributed by atoms with Gasteiger partial charge in [-0.15, -0.1) is 12.4 Å². The molecule has 108 valence electrons. The van der Waals surface area contributed by atoms with Crippen LogP contribution in [0.4, 0.5) is 0 Å². The smallest absolute Gasteiger partial charge is 0.289 e. The standard InChI is InChI=1S/C14H22N2O2.ClH/c1-3-10-16(12-6-8-15-9-7-12)14(17)13-5-4-11(2)18-13;/h4-5,12,15H,3,6-10H2,1-2H3;1H. The molecule has 1 amide bonds. The number of nitrogens with one attached hydrogen (secondary N) is 1. The third-order valence-electron chi connectivity index (χ3n) is 3.43. The van der Waals surface area contributed by atoms with Crippen molar-refractivity contribution in [2.75, 3.05) is 19.6 Å². The first kappa shape index (κ1) is 16.1. The number of carbonyl (C=O) groups is 1. The minimum Gasteiger partial charge on any atom is -0.456 e. The number of carbonyl (C=O) groups excluding carboxylic acids is 1. The highest BCUT2D eigenvalue weighted by atomic mass is 35.5. The Morgan fingerprint density at radius 3 is 2.63 bits per heavy atom. The van der Waals surface area contributed by atoms with Gasteiger partial charge in [0.2, 0.25) is 0 Å². The molecule has 4 nitrogen and oxygen atoms in total. The fourth-order valence-electron chi connectivity index (χ4n) is 2.50. The van der Waals surface area contributed by atoms with Gasteiger partial charge in [-0.1, -0.05) is 6.92 Å². The minimum atomic E-state index is 0. The Bertz CT molecular complexity index is 400. The lowest BCUT2D eigenvalue weighted by molar-refractivity contribution is 0.0609. The van der Waals surface area contributed by atoms with Gasteiger partial charge in [-0.25, -0.2) is 0 Å². The van der Waals surface area contributed by atoms with Crippen LogP contribution in [0.1, 0.15) is 42.5 Å². The van der Waals surface area contributed by atoms with Crippen LogP contribution in [-0.4, -0.2) is 36.5 Å². The molecule has 0 spiro atoms. The molecule has 5 heteroatoms. The second-order valence-electron chi connectivity index (χ2n) is 4.89. The molecule has 1 aliphatic rings. The molecule has 19 heavy (non-hydrogen) atoms. The fourth-order valence-corrected chi connectivity index (χ4v) is 2.50. The van der Waals surface area contributed by atoms with Gasteiger partial charge in [-0.2, -0.15) is 0 Å². The van der Waals surface area contributed by atoms with Crippen LogP contribution in [0.5, 0.6) is 0 Å². The van der Waals surface area contributed by atoms with Gasteiger partial charge in [0.25, 0.3) is 5.91 Å². The highest BCUT2D eigenvalue weighted by Crippen LogP contribution is 2.17. The molecule has 1 N–H and O–H groups in total. The Morgan fingerprint density at radius 2 is 2.11 bits per heavy atom. The second kappa shape index (κ2) is 7.56. The van der Waals surface area contributed by atoms with Crippen molar-refractivity contribution in [2.45, 2.75) is 39.2 Å². The van der Waals surface area contributed by atoms with Crippen molar-refractivity contribution < 1.29 is 9.21 Å². The van der Waals surface area contributed by atoms with Gasteiger partial charge in [-0.3, -0.25) is 4.79 Å². The Hall–Kier alpha value is -1.00. The number of aryl methyl sites for hydroxylation is 1. The minimum absolute atomic E-state index is 0.